The quantitative estimate of drug-likeness (QED) is 0.340. The molecular formula is C16H19N9O4. The molecule has 0 bridgehead atoms. The number of aromatic amines is 1. The van der Waals surface area contributed by atoms with Gasteiger partial charge in [0.05, 0.1) is 12.5 Å². The maximum Gasteiger partial charge on any atom is 0.251 e. The van der Waals surface area contributed by atoms with Gasteiger partial charge in [-0.15, -0.1) is 0 Å². The number of carbonyl (C=O) groups is 1. The van der Waals surface area contributed by atoms with Crippen molar-refractivity contribution in [2.75, 3.05) is 12.4 Å². The van der Waals surface area contributed by atoms with E-state index in [4.69, 9.17) is 4.74 Å². The number of aromatic nitrogens is 7. The molecule has 4 atom stereocenters. The van der Waals surface area contributed by atoms with Crippen molar-refractivity contribution in [1.82, 2.24) is 40.2 Å². The molecule has 29 heavy (non-hydrogen) atoms. The van der Waals surface area contributed by atoms with E-state index in [1.54, 1.807) is 0 Å². The molecule has 3 aromatic rings. The van der Waals surface area contributed by atoms with E-state index in [1.807, 2.05) is 0 Å². The molecular weight excluding hydrogens is 382 g/mol. The Morgan fingerprint density at radius 1 is 1.31 bits per heavy atom. The molecule has 4 heterocycles. The van der Waals surface area contributed by atoms with Crippen molar-refractivity contribution >= 4 is 22.9 Å². The van der Waals surface area contributed by atoms with E-state index in [2.05, 4.69) is 41.0 Å². The Kier molecular flexibility index (Phi) is 4.15. The van der Waals surface area contributed by atoms with Gasteiger partial charge in [-0.1, -0.05) is 0 Å². The summed E-state index contributed by atoms with van der Waals surface area (Å²) in [5.41, 5.74) is 1.29. The summed E-state index contributed by atoms with van der Waals surface area (Å²) < 4.78 is 7.13. The molecule has 3 aromatic heterocycles. The molecule has 1 saturated heterocycles. The lowest BCUT2D eigenvalue weighted by Crippen LogP contribution is -2.41. The molecule has 1 saturated carbocycles. The fourth-order valence-corrected chi connectivity index (χ4v) is 3.30. The molecule has 152 valence electrons. The number of nitrogens with zero attached hydrogens (tertiary/aromatic N) is 6. The van der Waals surface area contributed by atoms with E-state index < -0.39 is 30.4 Å². The predicted octanol–water partition coefficient (Wildman–Crippen LogP) is -1.45. The second-order valence-corrected chi connectivity index (χ2v) is 7.04. The number of ether oxygens (including phenoxy) is 1. The van der Waals surface area contributed by atoms with E-state index in [1.165, 1.54) is 24.1 Å². The Hall–Kier alpha value is -3.16. The summed E-state index contributed by atoms with van der Waals surface area (Å²) in [6.45, 7) is 0. The second kappa shape index (κ2) is 6.72. The minimum absolute atomic E-state index is 0.312. The van der Waals surface area contributed by atoms with Gasteiger partial charge >= 0.3 is 0 Å². The smallest absolute Gasteiger partial charge is 0.251 e. The predicted molar refractivity (Wildman–Crippen MR) is 97.3 cm³/mol. The molecule has 5 rings (SSSR count). The van der Waals surface area contributed by atoms with Gasteiger partial charge in [-0.3, -0.25) is 9.36 Å². The molecule has 2 fully saturated rings. The topological polar surface area (TPSA) is 176 Å². The van der Waals surface area contributed by atoms with Crippen molar-refractivity contribution < 1.29 is 19.7 Å². The first kappa shape index (κ1) is 17.9. The monoisotopic (exact) mass is 401 g/mol. The lowest BCUT2D eigenvalue weighted by Gasteiger charge is -2.16. The van der Waals surface area contributed by atoms with Crippen molar-refractivity contribution in [2.24, 2.45) is 0 Å². The zero-order chi connectivity index (χ0) is 20.1. The number of aliphatic hydroxyl groups excluding tert-OH is 2. The van der Waals surface area contributed by atoms with E-state index >= 15 is 0 Å². The van der Waals surface area contributed by atoms with Crippen LogP contribution in [0.3, 0.4) is 0 Å². The minimum atomic E-state index is -1.39. The fraction of sp³-hybridized carbons (Fsp3) is 0.500. The van der Waals surface area contributed by atoms with Crippen molar-refractivity contribution in [3.8, 4) is 11.5 Å². The molecule has 0 radical (unpaired) electrons. The number of hydrogen-bond donors (Lipinski definition) is 5. The molecule has 0 aromatic carbocycles. The Balaban J connectivity index is 1.59. The summed E-state index contributed by atoms with van der Waals surface area (Å²) in [6.07, 6.45) is 0.0143. The number of amides is 1. The van der Waals surface area contributed by atoms with Crippen LogP contribution in [-0.2, 0) is 9.53 Å². The first-order valence-corrected chi connectivity index (χ1v) is 9.17. The lowest BCUT2D eigenvalue weighted by atomic mass is 10.1. The van der Waals surface area contributed by atoms with Crippen LogP contribution in [0.25, 0.3) is 22.7 Å². The third-order valence-corrected chi connectivity index (χ3v) is 5.00. The summed E-state index contributed by atoms with van der Waals surface area (Å²) in [4.78, 5) is 25.4. The molecule has 0 spiro atoms. The number of fused-ring (bicyclic) bond motifs is 1. The van der Waals surface area contributed by atoms with E-state index in [0.29, 0.717) is 34.5 Å². The van der Waals surface area contributed by atoms with E-state index in [0.717, 1.165) is 12.8 Å². The Labute approximate surface area is 163 Å². The largest absolute Gasteiger partial charge is 0.387 e. The van der Waals surface area contributed by atoms with Crippen LogP contribution in [0, 0.1) is 0 Å². The van der Waals surface area contributed by atoms with Crippen LogP contribution in [0.5, 0.6) is 0 Å². The third kappa shape index (κ3) is 2.99. The Bertz CT molecular complexity index is 1050. The number of H-pyrrole nitrogens is 1. The standard InChI is InChI=1S/C16H19N9O4/c1-17-15(28)11-9(26)10(27)16(29-11)25-5-18-8-13(20-6-2-3-6)21-12(22-14(8)25)7-4-19-24-23-7/h4-6,9-11,16,26-27H,2-3H2,1H3,(H,17,28)(H,19,23,24)(H,20,21,22)/t9-,10+,11-,16+/m0/s1. The number of imidazole rings is 1. The third-order valence-electron chi connectivity index (χ3n) is 5.00. The van der Waals surface area contributed by atoms with Gasteiger partial charge in [-0.25, -0.2) is 15.0 Å². The van der Waals surface area contributed by atoms with Gasteiger partial charge in [0.1, 0.15) is 17.9 Å². The highest BCUT2D eigenvalue weighted by atomic mass is 16.6. The van der Waals surface area contributed by atoms with E-state index in [-0.39, 0.29) is 0 Å². The number of likely N-dealkylation sites (N-methyl/N-ethyl adjacent to an activating group) is 1. The molecule has 2 aliphatic rings. The number of anilines is 1. The molecule has 1 aliphatic carbocycles. The number of hydrogen-bond acceptors (Lipinski definition) is 10. The molecule has 5 N–H and O–H groups in total. The van der Waals surface area contributed by atoms with Crippen LogP contribution in [0.1, 0.15) is 19.1 Å². The van der Waals surface area contributed by atoms with Crippen LogP contribution in [0.15, 0.2) is 12.5 Å². The number of nitrogens with one attached hydrogen (secondary N) is 3. The van der Waals surface area contributed by atoms with E-state index in [9.17, 15) is 15.0 Å². The Morgan fingerprint density at radius 2 is 2.14 bits per heavy atom. The zero-order valence-corrected chi connectivity index (χ0v) is 15.3. The fourth-order valence-electron chi connectivity index (χ4n) is 3.30. The molecule has 13 heteroatoms. The van der Waals surface area contributed by atoms with Crippen LogP contribution in [0.2, 0.25) is 0 Å². The molecule has 0 unspecified atom stereocenters. The van der Waals surface area contributed by atoms with Crippen molar-refractivity contribution in [3.05, 3.63) is 12.5 Å². The summed E-state index contributed by atoms with van der Waals surface area (Å²) >= 11 is 0. The van der Waals surface area contributed by atoms with Crippen LogP contribution >= 0.6 is 0 Å². The highest BCUT2D eigenvalue weighted by Gasteiger charge is 2.47. The number of aliphatic hydroxyl groups is 2. The van der Waals surface area contributed by atoms with Gasteiger partial charge in [-0.05, 0) is 12.8 Å². The average molecular weight is 401 g/mol. The summed E-state index contributed by atoms with van der Waals surface area (Å²) in [6, 6.07) is 0.316. The highest BCUT2D eigenvalue weighted by Crippen LogP contribution is 2.34. The second-order valence-electron chi connectivity index (χ2n) is 7.04. The van der Waals surface area contributed by atoms with Crippen LogP contribution in [-0.4, -0.2) is 82.5 Å². The normalized spacial score (nSPS) is 26.7. The SMILES string of the molecule is CNC(=O)[C@H]1O[C@@H](n2cnc3c(NC4CC4)nc(-c4cn[nH]n4)nc32)[C@H](O)[C@@H]1O. The van der Waals surface area contributed by atoms with Crippen molar-refractivity contribution in [3.63, 3.8) is 0 Å². The first-order chi connectivity index (χ1) is 14.1. The lowest BCUT2D eigenvalue weighted by molar-refractivity contribution is -0.137. The maximum absolute atomic E-state index is 12.0. The molecule has 1 amide bonds. The summed E-state index contributed by atoms with van der Waals surface area (Å²) in [5, 5.41) is 36.8. The minimum Gasteiger partial charge on any atom is -0.387 e. The van der Waals surface area contributed by atoms with Crippen LogP contribution < -0.4 is 10.6 Å². The van der Waals surface area contributed by atoms with Crippen molar-refractivity contribution in [2.45, 2.75) is 43.4 Å². The van der Waals surface area contributed by atoms with Gasteiger partial charge in [0.15, 0.2) is 35.1 Å². The van der Waals surface area contributed by atoms with Gasteiger partial charge in [0.25, 0.3) is 5.91 Å². The van der Waals surface area contributed by atoms with Crippen LogP contribution in [0.4, 0.5) is 5.82 Å². The molecule has 1 aliphatic heterocycles. The average Bonchev–Trinajstić information content (AvgIpc) is 3.11. The number of rotatable bonds is 5. The summed E-state index contributed by atoms with van der Waals surface area (Å²) in [5.74, 6) is 0.314. The van der Waals surface area contributed by atoms with Crippen molar-refractivity contribution in [1.29, 1.82) is 0 Å². The first-order valence-electron chi connectivity index (χ1n) is 9.17. The maximum atomic E-state index is 12.0. The Morgan fingerprint density at radius 3 is 2.83 bits per heavy atom. The zero-order valence-electron chi connectivity index (χ0n) is 15.3. The van der Waals surface area contributed by atoms with Gasteiger partial charge in [-0.2, -0.15) is 15.4 Å². The van der Waals surface area contributed by atoms with Gasteiger partial charge < -0.3 is 25.6 Å². The van der Waals surface area contributed by atoms with Gasteiger partial charge in [0, 0.05) is 13.1 Å². The highest BCUT2D eigenvalue weighted by molar-refractivity contribution is 5.85. The number of carbonyl (C=O) groups excluding carboxylic acids is 1. The summed E-state index contributed by atoms with van der Waals surface area (Å²) in [7, 11) is 1.43. The molecule has 13 nitrogen and oxygen atoms in total. The van der Waals surface area contributed by atoms with Gasteiger partial charge in [0.2, 0.25) is 0 Å².